The van der Waals surface area contributed by atoms with Crippen LogP contribution in [0, 0.1) is 0 Å². The summed E-state index contributed by atoms with van der Waals surface area (Å²) in [6, 6.07) is 15.7. The molecule has 148 valence electrons. The molecule has 0 amide bonds. The molecule has 0 bridgehead atoms. The molecule has 0 radical (unpaired) electrons. The number of aliphatic hydroxyl groups is 1. The van der Waals surface area contributed by atoms with Crippen LogP contribution in [0.3, 0.4) is 0 Å². The zero-order valence-electron chi connectivity index (χ0n) is 15.1. The minimum Gasteiger partial charge on any atom is -0.508 e. The highest BCUT2D eigenvalue weighted by molar-refractivity contribution is 6.35. The predicted octanol–water partition coefficient (Wildman–Crippen LogP) is 4.73. The van der Waals surface area contributed by atoms with E-state index in [9.17, 15) is 10.2 Å². The second kappa shape index (κ2) is 9.85. The van der Waals surface area contributed by atoms with E-state index in [-0.39, 0.29) is 12.4 Å². The Hall–Kier alpha value is -2.18. The van der Waals surface area contributed by atoms with Crippen molar-refractivity contribution in [2.45, 2.75) is 19.2 Å². The number of phenols is 1. The fourth-order valence-corrected chi connectivity index (χ4v) is 3.29. The van der Waals surface area contributed by atoms with Gasteiger partial charge >= 0.3 is 0 Å². The summed E-state index contributed by atoms with van der Waals surface area (Å²) in [6.45, 7) is 1.32. The van der Waals surface area contributed by atoms with E-state index in [1.165, 1.54) is 0 Å². The third-order valence-electron chi connectivity index (χ3n) is 4.14. The molecular formula is C21H21Cl2NO4. The zero-order valence-corrected chi connectivity index (χ0v) is 16.6. The molecule has 1 aromatic heterocycles. The Morgan fingerprint density at radius 3 is 2.57 bits per heavy atom. The van der Waals surface area contributed by atoms with E-state index in [1.807, 2.05) is 29.2 Å². The van der Waals surface area contributed by atoms with Crippen LogP contribution in [0.5, 0.6) is 11.5 Å². The number of hydrogen-bond donors (Lipinski definition) is 2. The van der Waals surface area contributed by atoms with Crippen LogP contribution in [-0.2, 0) is 13.1 Å². The highest BCUT2D eigenvalue weighted by Crippen LogP contribution is 2.27. The average molecular weight is 422 g/mol. The minimum absolute atomic E-state index is 0.0662. The van der Waals surface area contributed by atoms with Gasteiger partial charge in [-0.25, -0.2) is 0 Å². The first-order valence-electron chi connectivity index (χ1n) is 8.79. The molecular weight excluding hydrogens is 401 g/mol. The van der Waals surface area contributed by atoms with Crippen molar-refractivity contribution in [2.75, 3.05) is 13.2 Å². The Morgan fingerprint density at radius 1 is 1.04 bits per heavy atom. The van der Waals surface area contributed by atoms with Crippen LogP contribution in [0.15, 0.2) is 65.3 Å². The van der Waals surface area contributed by atoms with Crippen molar-refractivity contribution in [1.82, 2.24) is 4.90 Å². The van der Waals surface area contributed by atoms with Crippen molar-refractivity contribution in [3.63, 3.8) is 0 Å². The fraction of sp³-hybridized carbons (Fsp3) is 0.238. The highest BCUT2D eigenvalue weighted by Gasteiger charge is 2.17. The Morgan fingerprint density at radius 2 is 1.86 bits per heavy atom. The van der Waals surface area contributed by atoms with Crippen molar-refractivity contribution in [3.05, 3.63) is 82.2 Å². The Labute approximate surface area is 173 Å². The van der Waals surface area contributed by atoms with E-state index in [1.54, 1.807) is 36.6 Å². The molecule has 0 saturated heterocycles. The fourth-order valence-electron chi connectivity index (χ4n) is 2.82. The molecule has 3 aromatic rings. The van der Waals surface area contributed by atoms with E-state index in [4.69, 9.17) is 32.4 Å². The SMILES string of the molecule is Oc1ccccc1CN(Cc1ccco1)C[C@H](O)COc1ccc(Cl)cc1Cl. The van der Waals surface area contributed by atoms with Gasteiger partial charge in [-0.3, -0.25) is 4.90 Å². The van der Waals surface area contributed by atoms with E-state index < -0.39 is 6.10 Å². The van der Waals surface area contributed by atoms with E-state index >= 15 is 0 Å². The number of benzene rings is 2. The third kappa shape index (κ3) is 5.91. The standard InChI is InChI=1S/C21H21Cl2NO4/c22-16-7-8-21(19(23)10-16)28-14-17(25)12-24(13-18-5-3-9-27-18)11-15-4-1-2-6-20(15)26/h1-10,17,25-26H,11-14H2/t17-/m0/s1. The smallest absolute Gasteiger partial charge is 0.138 e. The van der Waals surface area contributed by atoms with Gasteiger partial charge < -0.3 is 19.4 Å². The summed E-state index contributed by atoms with van der Waals surface area (Å²) in [7, 11) is 0. The van der Waals surface area contributed by atoms with Crippen molar-refractivity contribution >= 4 is 23.2 Å². The van der Waals surface area contributed by atoms with Crippen LogP contribution in [0.2, 0.25) is 10.0 Å². The van der Waals surface area contributed by atoms with Crippen LogP contribution in [-0.4, -0.2) is 34.4 Å². The van der Waals surface area contributed by atoms with Gasteiger partial charge in [0, 0.05) is 23.7 Å². The number of aromatic hydroxyl groups is 1. The maximum absolute atomic E-state index is 10.5. The van der Waals surface area contributed by atoms with Gasteiger partial charge in [0.2, 0.25) is 0 Å². The van der Waals surface area contributed by atoms with Gasteiger partial charge in [-0.2, -0.15) is 0 Å². The Bertz CT molecular complexity index is 886. The van der Waals surface area contributed by atoms with Crippen LogP contribution >= 0.6 is 23.2 Å². The molecule has 2 aromatic carbocycles. The molecule has 3 rings (SSSR count). The predicted molar refractivity (Wildman–Crippen MR) is 109 cm³/mol. The van der Waals surface area contributed by atoms with Crippen LogP contribution in [0.25, 0.3) is 0 Å². The molecule has 0 fully saturated rings. The van der Waals surface area contributed by atoms with Gasteiger partial charge in [0.1, 0.15) is 30.0 Å². The lowest BCUT2D eigenvalue weighted by atomic mass is 10.1. The number of furan rings is 1. The normalized spacial score (nSPS) is 12.3. The lowest BCUT2D eigenvalue weighted by Crippen LogP contribution is -2.35. The summed E-state index contributed by atoms with van der Waals surface area (Å²) in [4.78, 5) is 1.98. The maximum Gasteiger partial charge on any atom is 0.138 e. The van der Waals surface area contributed by atoms with E-state index in [0.29, 0.717) is 35.4 Å². The number of hydrogen-bond acceptors (Lipinski definition) is 5. The van der Waals surface area contributed by atoms with Gasteiger partial charge in [0.05, 0.1) is 17.8 Å². The number of phenolic OH excluding ortho intramolecular Hbond substituents is 1. The van der Waals surface area contributed by atoms with Crippen molar-refractivity contribution in [1.29, 1.82) is 0 Å². The maximum atomic E-state index is 10.5. The van der Waals surface area contributed by atoms with Crippen molar-refractivity contribution in [2.24, 2.45) is 0 Å². The Balaban J connectivity index is 1.63. The topological polar surface area (TPSA) is 66.1 Å². The summed E-state index contributed by atoms with van der Waals surface area (Å²) in [6.07, 6.45) is 0.836. The van der Waals surface area contributed by atoms with Crippen LogP contribution in [0.4, 0.5) is 0 Å². The number of rotatable bonds is 9. The summed E-state index contributed by atoms with van der Waals surface area (Å²) in [5, 5.41) is 21.4. The van der Waals surface area contributed by atoms with Gasteiger partial charge in [0.15, 0.2) is 0 Å². The second-order valence-electron chi connectivity index (χ2n) is 6.42. The summed E-state index contributed by atoms with van der Waals surface area (Å²) < 4.78 is 11.0. The quantitative estimate of drug-likeness (QED) is 0.522. The highest BCUT2D eigenvalue weighted by atomic mass is 35.5. The molecule has 1 heterocycles. The number of nitrogens with zero attached hydrogens (tertiary/aromatic N) is 1. The first-order valence-corrected chi connectivity index (χ1v) is 9.54. The lowest BCUT2D eigenvalue weighted by Gasteiger charge is -2.25. The number of halogens is 2. The molecule has 0 unspecified atom stereocenters. The summed E-state index contributed by atoms with van der Waals surface area (Å²) in [5.41, 5.74) is 0.767. The molecule has 5 nitrogen and oxygen atoms in total. The molecule has 2 N–H and O–H groups in total. The van der Waals surface area contributed by atoms with Crippen molar-refractivity contribution in [3.8, 4) is 11.5 Å². The van der Waals surface area contributed by atoms with E-state index in [2.05, 4.69) is 0 Å². The van der Waals surface area contributed by atoms with Gasteiger partial charge in [0.25, 0.3) is 0 Å². The summed E-state index contributed by atoms with van der Waals surface area (Å²) in [5.74, 6) is 1.44. The number of ether oxygens (including phenoxy) is 1. The molecule has 1 atom stereocenters. The first kappa shape index (κ1) is 20.6. The molecule has 0 aliphatic carbocycles. The second-order valence-corrected chi connectivity index (χ2v) is 7.26. The van der Waals surface area contributed by atoms with Gasteiger partial charge in [-0.05, 0) is 36.4 Å². The number of aliphatic hydroxyl groups excluding tert-OH is 1. The molecule has 0 saturated carbocycles. The van der Waals surface area contributed by atoms with Crippen molar-refractivity contribution < 1.29 is 19.4 Å². The molecule has 0 aliphatic rings. The van der Waals surface area contributed by atoms with Crippen LogP contribution < -0.4 is 4.74 Å². The minimum atomic E-state index is -0.771. The van der Waals surface area contributed by atoms with Crippen LogP contribution in [0.1, 0.15) is 11.3 Å². The largest absolute Gasteiger partial charge is 0.508 e. The summed E-state index contributed by atoms with van der Waals surface area (Å²) >= 11 is 12.0. The molecule has 7 heteroatoms. The molecule has 0 spiro atoms. The first-order chi connectivity index (χ1) is 13.5. The monoisotopic (exact) mass is 421 g/mol. The van der Waals surface area contributed by atoms with Gasteiger partial charge in [-0.15, -0.1) is 0 Å². The Kier molecular flexibility index (Phi) is 7.23. The molecule has 28 heavy (non-hydrogen) atoms. The molecule has 0 aliphatic heterocycles. The number of para-hydroxylation sites is 1. The lowest BCUT2D eigenvalue weighted by molar-refractivity contribution is 0.0602. The average Bonchev–Trinajstić information content (AvgIpc) is 3.16. The third-order valence-corrected chi connectivity index (χ3v) is 4.67. The van der Waals surface area contributed by atoms with Gasteiger partial charge in [-0.1, -0.05) is 41.4 Å². The van der Waals surface area contributed by atoms with E-state index in [0.717, 1.165) is 11.3 Å². The zero-order chi connectivity index (χ0) is 19.9.